The van der Waals surface area contributed by atoms with Crippen molar-refractivity contribution >= 4 is 23.0 Å². The minimum absolute atomic E-state index is 0.124. The molecule has 2 aromatic rings. The van der Waals surface area contributed by atoms with Crippen LogP contribution in [0.15, 0.2) is 23.0 Å². The summed E-state index contributed by atoms with van der Waals surface area (Å²) in [6.07, 6.45) is 0.910. The van der Waals surface area contributed by atoms with E-state index in [0.29, 0.717) is 36.1 Å². The van der Waals surface area contributed by atoms with Gasteiger partial charge in [-0.15, -0.1) is 0 Å². The Morgan fingerprint density at radius 3 is 2.79 bits per heavy atom. The minimum Gasteiger partial charge on any atom is -0.457 e. The van der Waals surface area contributed by atoms with Crippen molar-refractivity contribution in [1.82, 2.24) is 14.9 Å². The molecule has 0 saturated carbocycles. The van der Waals surface area contributed by atoms with Crippen molar-refractivity contribution in [2.75, 3.05) is 13.1 Å². The van der Waals surface area contributed by atoms with Crippen LogP contribution in [-0.2, 0) is 20.9 Å². The number of aryl methyl sites for hydroxylation is 1. The van der Waals surface area contributed by atoms with Crippen LogP contribution >= 0.6 is 0 Å². The van der Waals surface area contributed by atoms with Crippen LogP contribution in [0, 0.1) is 12.8 Å². The summed E-state index contributed by atoms with van der Waals surface area (Å²) in [4.78, 5) is 45.6. The summed E-state index contributed by atoms with van der Waals surface area (Å²) in [5.41, 5.74) is 0.618. The SMILES string of the molecule is Cc1cccc2c(=O)[nH]c(COC(=O)[C@H]3CCCN(C(=O)OC(C)(C)C)C3)nc12. The monoisotopic (exact) mass is 401 g/mol. The highest BCUT2D eigenvalue weighted by atomic mass is 16.6. The Bertz CT molecular complexity index is 976. The molecule has 1 fully saturated rings. The molecule has 1 aromatic carbocycles. The Morgan fingerprint density at radius 2 is 2.07 bits per heavy atom. The van der Waals surface area contributed by atoms with Crippen LogP contribution in [0.4, 0.5) is 4.79 Å². The van der Waals surface area contributed by atoms with Crippen molar-refractivity contribution in [3.05, 3.63) is 39.9 Å². The number of piperidine rings is 1. The number of para-hydroxylation sites is 1. The average molecular weight is 401 g/mol. The normalized spacial score (nSPS) is 17.2. The number of amides is 1. The molecule has 1 N–H and O–H groups in total. The van der Waals surface area contributed by atoms with Gasteiger partial charge >= 0.3 is 12.1 Å². The van der Waals surface area contributed by atoms with E-state index in [-0.39, 0.29) is 18.7 Å². The van der Waals surface area contributed by atoms with Gasteiger partial charge in [-0.3, -0.25) is 9.59 Å². The van der Waals surface area contributed by atoms with Crippen molar-refractivity contribution in [2.24, 2.45) is 5.92 Å². The number of carbonyl (C=O) groups is 2. The van der Waals surface area contributed by atoms with Crippen molar-refractivity contribution in [3.63, 3.8) is 0 Å². The van der Waals surface area contributed by atoms with E-state index in [1.165, 1.54) is 0 Å². The van der Waals surface area contributed by atoms with E-state index in [0.717, 1.165) is 5.56 Å². The number of rotatable bonds is 3. The molecule has 1 aliphatic heterocycles. The fourth-order valence-electron chi connectivity index (χ4n) is 3.34. The van der Waals surface area contributed by atoms with Gasteiger partial charge in [0.25, 0.3) is 5.56 Å². The van der Waals surface area contributed by atoms with Crippen LogP contribution in [0.3, 0.4) is 0 Å². The molecule has 0 unspecified atom stereocenters. The lowest BCUT2D eigenvalue weighted by Gasteiger charge is -2.33. The standard InChI is InChI=1S/C21H27N3O5/c1-13-7-5-9-15-17(13)22-16(23-18(15)25)12-28-19(26)14-8-6-10-24(11-14)20(27)29-21(2,3)4/h5,7,9,14H,6,8,10-12H2,1-4H3,(H,22,23,25)/t14-/m0/s1. The number of H-pyrrole nitrogens is 1. The topological polar surface area (TPSA) is 102 Å². The Kier molecular flexibility index (Phi) is 5.91. The molecule has 0 spiro atoms. The molecule has 1 aromatic heterocycles. The first kappa shape index (κ1) is 20.8. The number of aromatic amines is 1. The van der Waals surface area contributed by atoms with E-state index in [2.05, 4.69) is 9.97 Å². The quantitative estimate of drug-likeness (QED) is 0.794. The third kappa shape index (κ3) is 5.13. The summed E-state index contributed by atoms with van der Waals surface area (Å²) in [5, 5.41) is 0.500. The highest BCUT2D eigenvalue weighted by Gasteiger charge is 2.32. The summed E-state index contributed by atoms with van der Waals surface area (Å²) in [6.45, 7) is 7.98. The number of benzene rings is 1. The first-order valence-corrected chi connectivity index (χ1v) is 9.77. The Balaban J connectivity index is 1.63. The minimum atomic E-state index is -0.587. The first-order valence-electron chi connectivity index (χ1n) is 9.77. The summed E-state index contributed by atoms with van der Waals surface area (Å²) in [7, 11) is 0. The van der Waals surface area contributed by atoms with Crippen LogP contribution in [0.5, 0.6) is 0 Å². The molecule has 8 heteroatoms. The molecule has 0 aliphatic carbocycles. The van der Waals surface area contributed by atoms with Crippen LogP contribution in [0.25, 0.3) is 10.9 Å². The summed E-state index contributed by atoms with van der Waals surface area (Å²) < 4.78 is 10.8. The lowest BCUT2D eigenvalue weighted by atomic mass is 9.98. The smallest absolute Gasteiger partial charge is 0.410 e. The number of carbonyl (C=O) groups excluding carboxylic acids is 2. The highest BCUT2D eigenvalue weighted by molar-refractivity contribution is 5.80. The molecule has 29 heavy (non-hydrogen) atoms. The second-order valence-electron chi connectivity index (χ2n) is 8.36. The lowest BCUT2D eigenvalue weighted by Crippen LogP contribution is -2.45. The zero-order valence-electron chi connectivity index (χ0n) is 17.3. The van der Waals surface area contributed by atoms with Crippen molar-refractivity contribution in [1.29, 1.82) is 0 Å². The van der Waals surface area contributed by atoms with E-state index in [4.69, 9.17) is 9.47 Å². The molecular formula is C21H27N3O5. The van der Waals surface area contributed by atoms with Gasteiger partial charge in [0.1, 0.15) is 18.0 Å². The number of ether oxygens (including phenoxy) is 2. The molecule has 156 valence electrons. The zero-order chi connectivity index (χ0) is 21.2. The van der Waals surface area contributed by atoms with E-state index in [9.17, 15) is 14.4 Å². The average Bonchev–Trinajstić information content (AvgIpc) is 2.66. The van der Waals surface area contributed by atoms with Gasteiger partial charge in [-0.05, 0) is 52.2 Å². The third-order valence-corrected chi connectivity index (χ3v) is 4.74. The molecule has 1 aliphatic rings. The molecule has 2 heterocycles. The largest absolute Gasteiger partial charge is 0.457 e. The van der Waals surface area contributed by atoms with E-state index < -0.39 is 23.6 Å². The van der Waals surface area contributed by atoms with Gasteiger partial charge < -0.3 is 19.4 Å². The third-order valence-electron chi connectivity index (χ3n) is 4.74. The van der Waals surface area contributed by atoms with Gasteiger partial charge in [-0.1, -0.05) is 12.1 Å². The molecule has 1 atom stereocenters. The number of likely N-dealkylation sites (tertiary alicyclic amines) is 1. The molecule has 0 bridgehead atoms. The van der Waals surface area contributed by atoms with E-state index >= 15 is 0 Å². The van der Waals surface area contributed by atoms with Gasteiger partial charge in [-0.25, -0.2) is 9.78 Å². The van der Waals surface area contributed by atoms with Crippen LogP contribution in [-0.4, -0.2) is 45.6 Å². The van der Waals surface area contributed by atoms with Gasteiger partial charge in [-0.2, -0.15) is 0 Å². The van der Waals surface area contributed by atoms with Crippen molar-refractivity contribution in [2.45, 2.75) is 52.7 Å². The number of fused-ring (bicyclic) bond motifs is 1. The number of nitrogens with zero attached hydrogens (tertiary/aromatic N) is 2. The Morgan fingerprint density at radius 1 is 1.31 bits per heavy atom. The lowest BCUT2D eigenvalue weighted by molar-refractivity contribution is -0.151. The van der Waals surface area contributed by atoms with Gasteiger partial charge in [0.15, 0.2) is 0 Å². The second kappa shape index (κ2) is 8.23. The van der Waals surface area contributed by atoms with Crippen molar-refractivity contribution in [3.8, 4) is 0 Å². The Labute approximate surface area is 169 Å². The van der Waals surface area contributed by atoms with Crippen LogP contribution < -0.4 is 5.56 Å². The maximum absolute atomic E-state index is 12.5. The maximum Gasteiger partial charge on any atom is 0.410 e. The van der Waals surface area contributed by atoms with Crippen molar-refractivity contribution < 1.29 is 19.1 Å². The predicted molar refractivity (Wildman–Crippen MR) is 107 cm³/mol. The Hall–Kier alpha value is -2.90. The highest BCUT2D eigenvalue weighted by Crippen LogP contribution is 2.21. The summed E-state index contributed by atoms with van der Waals surface area (Å²) in [5.74, 6) is -0.541. The van der Waals surface area contributed by atoms with Gasteiger partial charge in [0.2, 0.25) is 0 Å². The summed E-state index contributed by atoms with van der Waals surface area (Å²) in [6, 6.07) is 5.38. The van der Waals surface area contributed by atoms with Gasteiger partial charge in [0, 0.05) is 13.1 Å². The molecule has 1 saturated heterocycles. The molecule has 1 amide bonds. The van der Waals surface area contributed by atoms with E-state index in [1.807, 2.05) is 13.0 Å². The number of hydrogen-bond acceptors (Lipinski definition) is 6. The van der Waals surface area contributed by atoms with Crippen LogP contribution in [0.1, 0.15) is 45.0 Å². The molecule has 0 radical (unpaired) electrons. The number of aromatic nitrogens is 2. The fourth-order valence-corrected chi connectivity index (χ4v) is 3.34. The second-order valence-corrected chi connectivity index (χ2v) is 8.36. The molecule has 8 nitrogen and oxygen atoms in total. The predicted octanol–water partition coefficient (Wildman–Crippen LogP) is 2.92. The first-order chi connectivity index (χ1) is 13.6. The fraction of sp³-hybridized carbons (Fsp3) is 0.524. The van der Waals surface area contributed by atoms with E-state index in [1.54, 1.807) is 37.8 Å². The maximum atomic E-state index is 12.5. The number of hydrogen-bond donors (Lipinski definition) is 1. The van der Waals surface area contributed by atoms with Gasteiger partial charge in [0.05, 0.1) is 16.8 Å². The van der Waals surface area contributed by atoms with Crippen LogP contribution in [0.2, 0.25) is 0 Å². The number of esters is 1. The zero-order valence-corrected chi connectivity index (χ0v) is 17.3. The molecular weight excluding hydrogens is 374 g/mol. The summed E-state index contributed by atoms with van der Waals surface area (Å²) >= 11 is 0. The molecule has 3 rings (SSSR count). The number of nitrogens with one attached hydrogen (secondary N) is 1.